The van der Waals surface area contributed by atoms with Crippen LogP contribution in [0.2, 0.25) is 0 Å². The molecule has 0 radical (unpaired) electrons. The van der Waals surface area contributed by atoms with Gasteiger partial charge < -0.3 is 23.9 Å². The Bertz CT molecular complexity index is 1100. The van der Waals surface area contributed by atoms with Gasteiger partial charge in [0.2, 0.25) is 11.6 Å². The van der Waals surface area contributed by atoms with Gasteiger partial charge in [0.05, 0.1) is 26.9 Å². The molecule has 0 bridgehead atoms. The van der Waals surface area contributed by atoms with Crippen molar-refractivity contribution in [1.82, 2.24) is 0 Å². The van der Waals surface area contributed by atoms with Crippen LogP contribution in [-0.2, 0) is 6.42 Å². The predicted molar refractivity (Wildman–Crippen MR) is 115 cm³/mol. The Labute approximate surface area is 174 Å². The fourth-order valence-electron chi connectivity index (χ4n) is 3.41. The number of furan rings is 1. The number of hydrogen-bond donors (Lipinski definition) is 1. The van der Waals surface area contributed by atoms with Crippen LogP contribution in [0.15, 0.2) is 51.9 Å². The summed E-state index contributed by atoms with van der Waals surface area (Å²) in [5.41, 5.74) is 3.03. The Morgan fingerprint density at radius 2 is 1.77 bits per heavy atom. The van der Waals surface area contributed by atoms with Gasteiger partial charge in [0.15, 0.2) is 11.5 Å². The fourth-order valence-corrected chi connectivity index (χ4v) is 3.41. The second-order valence-corrected chi connectivity index (χ2v) is 6.70. The topological polar surface area (TPSA) is 82.3 Å². The van der Waals surface area contributed by atoms with E-state index in [0.717, 1.165) is 29.7 Å². The van der Waals surface area contributed by atoms with Gasteiger partial charge in [0.1, 0.15) is 5.76 Å². The lowest BCUT2D eigenvalue weighted by atomic mass is 10.1. The number of hydrogen-bond acceptors (Lipinski definition) is 6. The van der Waals surface area contributed by atoms with E-state index in [2.05, 4.69) is 10.3 Å². The molecule has 1 N–H and O–H groups in total. The number of methoxy groups -OCH3 is 3. The number of aliphatic imine (C=N–C) groups is 1. The van der Waals surface area contributed by atoms with Crippen LogP contribution < -0.4 is 19.5 Å². The first kappa shape index (κ1) is 19.6. The van der Waals surface area contributed by atoms with E-state index in [1.54, 1.807) is 12.1 Å². The zero-order valence-electron chi connectivity index (χ0n) is 17.0. The lowest BCUT2D eigenvalue weighted by Crippen LogP contribution is -2.14. The summed E-state index contributed by atoms with van der Waals surface area (Å²) >= 11 is 0. The molecule has 3 aromatic rings. The van der Waals surface area contributed by atoms with Crippen LogP contribution in [0.25, 0.3) is 11.3 Å². The first-order valence-corrected chi connectivity index (χ1v) is 9.50. The predicted octanol–water partition coefficient (Wildman–Crippen LogP) is 4.87. The van der Waals surface area contributed by atoms with Crippen molar-refractivity contribution in [1.29, 1.82) is 0 Å². The van der Waals surface area contributed by atoms with Crippen molar-refractivity contribution in [3.8, 4) is 28.6 Å². The van der Waals surface area contributed by atoms with Gasteiger partial charge in [0, 0.05) is 23.0 Å². The first-order chi connectivity index (χ1) is 14.6. The number of carbonyl (C=O) groups is 1. The Hall–Kier alpha value is -3.74. The Kier molecular flexibility index (Phi) is 5.43. The van der Waals surface area contributed by atoms with Gasteiger partial charge in [0.25, 0.3) is 5.91 Å². The maximum absolute atomic E-state index is 12.8. The number of nitrogens with zero attached hydrogens (tertiary/aromatic N) is 1. The summed E-state index contributed by atoms with van der Waals surface area (Å²) in [6.07, 6.45) is 3.73. The summed E-state index contributed by atoms with van der Waals surface area (Å²) < 4.78 is 21.8. The van der Waals surface area contributed by atoms with E-state index in [4.69, 9.17) is 18.6 Å². The minimum Gasteiger partial charge on any atom is -0.493 e. The zero-order chi connectivity index (χ0) is 21.1. The quantitative estimate of drug-likeness (QED) is 0.631. The number of benzene rings is 2. The van der Waals surface area contributed by atoms with E-state index in [1.165, 1.54) is 21.3 Å². The molecule has 0 unspecified atom stereocenters. The van der Waals surface area contributed by atoms with Crippen molar-refractivity contribution in [2.24, 2.45) is 4.99 Å². The summed E-state index contributed by atoms with van der Waals surface area (Å²) in [4.78, 5) is 17.1. The molecule has 1 amide bonds. The molecule has 1 aliphatic heterocycles. The van der Waals surface area contributed by atoms with Gasteiger partial charge in [-0.05, 0) is 55.3 Å². The van der Waals surface area contributed by atoms with Crippen molar-refractivity contribution >= 4 is 23.7 Å². The highest BCUT2D eigenvalue weighted by Gasteiger charge is 2.21. The van der Waals surface area contributed by atoms with Gasteiger partial charge >= 0.3 is 0 Å². The average Bonchev–Trinajstić information content (AvgIpc) is 3.22. The first-order valence-electron chi connectivity index (χ1n) is 9.50. The van der Waals surface area contributed by atoms with Gasteiger partial charge in [-0.25, -0.2) is 4.99 Å². The van der Waals surface area contributed by atoms with Crippen LogP contribution >= 0.6 is 0 Å². The van der Waals surface area contributed by atoms with Gasteiger partial charge in [-0.1, -0.05) is 0 Å². The van der Waals surface area contributed by atoms with Crippen molar-refractivity contribution in [2.45, 2.75) is 12.8 Å². The van der Waals surface area contributed by atoms with Crippen molar-refractivity contribution in [2.75, 3.05) is 26.6 Å². The standard InChI is InChI=1S/C23H22N2O5/c1-27-18-11-10-17(20(28-2)21(18)29-3)22(26)25-16-8-6-14(7-9-16)19-13-15-5-4-12-24-23(15)30-19/h6-13H,4-5H2,1-3H3,(H,25,26). The Morgan fingerprint density at radius 3 is 2.43 bits per heavy atom. The lowest BCUT2D eigenvalue weighted by molar-refractivity contribution is 0.102. The highest BCUT2D eigenvalue weighted by atomic mass is 16.5. The minimum atomic E-state index is -0.316. The third-order valence-corrected chi connectivity index (χ3v) is 4.91. The molecule has 1 aromatic heterocycles. The third-order valence-electron chi connectivity index (χ3n) is 4.91. The summed E-state index contributed by atoms with van der Waals surface area (Å²) in [5, 5.41) is 2.88. The molecule has 0 atom stereocenters. The summed E-state index contributed by atoms with van der Waals surface area (Å²) in [5.74, 6) is 2.29. The number of carbonyl (C=O) groups excluding carboxylic acids is 1. The van der Waals surface area contributed by atoms with E-state index in [9.17, 15) is 4.79 Å². The molecule has 4 rings (SSSR count). The Morgan fingerprint density at radius 1 is 1.00 bits per heavy atom. The third kappa shape index (κ3) is 3.61. The average molecular weight is 406 g/mol. The van der Waals surface area contributed by atoms with Crippen LogP contribution in [0.3, 0.4) is 0 Å². The molecule has 0 saturated carbocycles. The van der Waals surface area contributed by atoms with E-state index >= 15 is 0 Å². The molecule has 0 saturated heterocycles. The van der Waals surface area contributed by atoms with Crippen LogP contribution in [0, 0.1) is 0 Å². The molecule has 2 heterocycles. The summed E-state index contributed by atoms with van der Waals surface area (Å²) in [6.45, 7) is 0. The number of fused-ring (bicyclic) bond motifs is 1. The van der Waals surface area contributed by atoms with Crippen molar-refractivity contribution < 1.29 is 23.4 Å². The number of anilines is 1. The molecule has 7 heteroatoms. The molecule has 0 spiro atoms. The zero-order valence-corrected chi connectivity index (χ0v) is 17.0. The molecular weight excluding hydrogens is 384 g/mol. The van der Waals surface area contributed by atoms with Crippen LogP contribution in [-0.4, -0.2) is 33.5 Å². The SMILES string of the molecule is COc1ccc(C(=O)Nc2ccc(-c3cc4c(o3)N=CCC4)cc2)c(OC)c1OC. The Balaban J connectivity index is 1.54. The minimum absolute atomic E-state index is 0.313. The molecule has 0 aliphatic carbocycles. The number of nitrogens with one attached hydrogen (secondary N) is 1. The molecule has 7 nitrogen and oxygen atoms in total. The number of aryl methyl sites for hydroxylation is 1. The maximum Gasteiger partial charge on any atom is 0.259 e. The second kappa shape index (κ2) is 8.32. The molecule has 30 heavy (non-hydrogen) atoms. The number of rotatable bonds is 6. The van der Waals surface area contributed by atoms with E-state index in [0.29, 0.717) is 34.4 Å². The van der Waals surface area contributed by atoms with Crippen molar-refractivity contribution in [3.63, 3.8) is 0 Å². The smallest absolute Gasteiger partial charge is 0.259 e. The van der Waals surface area contributed by atoms with E-state index in [1.807, 2.05) is 36.5 Å². The maximum atomic E-state index is 12.8. The normalized spacial score (nSPS) is 12.2. The van der Waals surface area contributed by atoms with Crippen LogP contribution in [0.5, 0.6) is 17.2 Å². The van der Waals surface area contributed by atoms with Crippen LogP contribution in [0.1, 0.15) is 22.3 Å². The van der Waals surface area contributed by atoms with Crippen molar-refractivity contribution in [3.05, 3.63) is 53.6 Å². The van der Waals surface area contributed by atoms with Gasteiger partial charge in [-0.3, -0.25) is 4.79 Å². The summed E-state index contributed by atoms with van der Waals surface area (Å²) in [7, 11) is 4.51. The number of amides is 1. The van der Waals surface area contributed by atoms with E-state index < -0.39 is 0 Å². The monoisotopic (exact) mass is 406 g/mol. The molecule has 2 aromatic carbocycles. The van der Waals surface area contributed by atoms with Crippen LogP contribution in [0.4, 0.5) is 11.6 Å². The molecule has 1 aliphatic rings. The number of ether oxygens (including phenoxy) is 3. The summed E-state index contributed by atoms with van der Waals surface area (Å²) in [6, 6.07) is 12.8. The molecule has 154 valence electrons. The highest BCUT2D eigenvalue weighted by Crippen LogP contribution is 2.40. The largest absolute Gasteiger partial charge is 0.493 e. The molecule has 0 fully saturated rings. The molecular formula is C23H22N2O5. The van der Waals surface area contributed by atoms with E-state index in [-0.39, 0.29) is 5.91 Å². The van der Waals surface area contributed by atoms with Gasteiger partial charge in [-0.2, -0.15) is 0 Å². The van der Waals surface area contributed by atoms with Gasteiger partial charge in [-0.15, -0.1) is 0 Å². The fraction of sp³-hybridized carbons (Fsp3) is 0.217. The lowest BCUT2D eigenvalue weighted by Gasteiger charge is -2.15. The highest BCUT2D eigenvalue weighted by molar-refractivity contribution is 6.07. The second-order valence-electron chi connectivity index (χ2n) is 6.70.